The third-order valence-corrected chi connectivity index (χ3v) is 8.15. The summed E-state index contributed by atoms with van der Waals surface area (Å²) < 4.78 is 24.8. The summed E-state index contributed by atoms with van der Waals surface area (Å²) in [7, 11) is 0. The normalized spacial score (nSPS) is 29.2. The lowest BCUT2D eigenvalue weighted by molar-refractivity contribution is 0.0626. The van der Waals surface area contributed by atoms with Crippen LogP contribution in [-0.2, 0) is 18.9 Å². The van der Waals surface area contributed by atoms with Crippen molar-refractivity contribution < 1.29 is 18.9 Å². The molecule has 4 nitrogen and oxygen atoms in total. The number of hydrogen-bond acceptors (Lipinski definition) is 4. The van der Waals surface area contributed by atoms with E-state index in [2.05, 4.69) is 70.0 Å². The van der Waals surface area contributed by atoms with Crippen molar-refractivity contribution in [2.75, 3.05) is 13.6 Å². The van der Waals surface area contributed by atoms with Crippen molar-refractivity contribution in [3.05, 3.63) is 89.4 Å². The van der Waals surface area contributed by atoms with E-state index in [9.17, 15) is 0 Å². The van der Waals surface area contributed by atoms with E-state index in [1.165, 1.54) is 44.6 Å². The summed E-state index contributed by atoms with van der Waals surface area (Å²) in [6, 6.07) is 0. The highest BCUT2D eigenvalue weighted by Crippen LogP contribution is 2.49. The van der Waals surface area contributed by atoms with Gasteiger partial charge in [-0.15, -0.1) is 0 Å². The highest BCUT2D eigenvalue weighted by molar-refractivity contribution is 9.12. The van der Waals surface area contributed by atoms with Gasteiger partial charge in [-0.05, 0) is 127 Å². The van der Waals surface area contributed by atoms with Gasteiger partial charge in [0.25, 0.3) is 0 Å². The van der Waals surface area contributed by atoms with Crippen molar-refractivity contribution in [2.45, 2.75) is 38.9 Å². The largest absolute Gasteiger partial charge is 0.468 e. The second-order valence-corrected chi connectivity index (χ2v) is 9.74. The molecular formula is C24H20Br2O4. The van der Waals surface area contributed by atoms with Crippen molar-refractivity contribution >= 4 is 31.9 Å². The molecule has 0 aromatic heterocycles. The molecule has 154 valence electrons. The molecule has 2 aliphatic heterocycles. The van der Waals surface area contributed by atoms with Crippen LogP contribution in [0, 0.1) is 0 Å². The molecule has 0 bridgehead atoms. The molecule has 6 heteroatoms. The molecule has 0 N–H and O–H groups in total. The molecule has 30 heavy (non-hydrogen) atoms. The van der Waals surface area contributed by atoms with E-state index in [1.54, 1.807) is 0 Å². The number of fused-ring (bicyclic) bond motifs is 4. The van der Waals surface area contributed by atoms with Gasteiger partial charge in [0.1, 0.15) is 23.7 Å². The molecule has 0 saturated carbocycles. The molecule has 4 aliphatic carbocycles. The zero-order valence-electron chi connectivity index (χ0n) is 16.7. The average Bonchev–Trinajstić information content (AvgIpc) is 3.48. The number of ether oxygens (including phenoxy) is 4. The number of rotatable bonds is 3. The molecule has 2 saturated heterocycles. The van der Waals surface area contributed by atoms with Crippen molar-refractivity contribution in [3.63, 3.8) is 0 Å². The average molecular weight is 532 g/mol. The van der Waals surface area contributed by atoms with Crippen LogP contribution in [0.1, 0.15) is 26.7 Å². The van der Waals surface area contributed by atoms with Crippen molar-refractivity contribution in [1.29, 1.82) is 0 Å². The van der Waals surface area contributed by atoms with E-state index in [4.69, 9.17) is 18.9 Å². The van der Waals surface area contributed by atoms with Crippen LogP contribution in [0.5, 0.6) is 0 Å². The van der Waals surface area contributed by atoms with Gasteiger partial charge in [0, 0.05) is 0 Å². The summed E-state index contributed by atoms with van der Waals surface area (Å²) in [5.41, 5.74) is 10.4. The number of allylic oxidation sites excluding steroid dienone is 12. The van der Waals surface area contributed by atoms with Gasteiger partial charge in [0.05, 0.1) is 8.96 Å². The Morgan fingerprint density at radius 1 is 0.733 bits per heavy atom. The molecule has 2 heterocycles. The fourth-order valence-electron chi connectivity index (χ4n) is 5.02. The summed E-state index contributed by atoms with van der Waals surface area (Å²) in [4.78, 5) is 0. The minimum atomic E-state index is -0.0896. The van der Waals surface area contributed by atoms with Gasteiger partial charge < -0.3 is 18.9 Å². The minimum Gasteiger partial charge on any atom is -0.468 e. The zero-order chi connectivity index (χ0) is 20.6. The zero-order valence-corrected chi connectivity index (χ0v) is 19.9. The molecule has 2 unspecified atom stereocenters. The molecule has 0 aromatic rings. The molecule has 0 spiro atoms. The lowest BCUT2D eigenvalue weighted by Crippen LogP contribution is -2.13. The van der Waals surface area contributed by atoms with Crippen LogP contribution in [-0.4, -0.2) is 25.8 Å². The first kappa shape index (κ1) is 19.1. The predicted molar refractivity (Wildman–Crippen MR) is 121 cm³/mol. The minimum absolute atomic E-state index is 0.0896. The maximum absolute atomic E-state index is 5.74. The summed E-state index contributed by atoms with van der Waals surface area (Å²) in [5, 5.41) is 0. The van der Waals surface area contributed by atoms with E-state index < -0.39 is 0 Å². The van der Waals surface area contributed by atoms with E-state index in [0.29, 0.717) is 13.6 Å². The Labute approximate surface area is 192 Å². The smallest absolute Gasteiger partial charge is 0.190 e. The molecule has 6 rings (SSSR count). The van der Waals surface area contributed by atoms with Crippen LogP contribution in [0.15, 0.2) is 89.4 Å². The lowest BCUT2D eigenvalue weighted by atomic mass is 9.88. The van der Waals surface area contributed by atoms with E-state index >= 15 is 0 Å². The molecule has 0 aromatic carbocycles. The third kappa shape index (κ3) is 2.70. The molecule has 2 fully saturated rings. The van der Waals surface area contributed by atoms with Crippen molar-refractivity contribution in [2.24, 2.45) is 0 Å². The monoisotopic (exact) mass is 530 g/mol. The fraction of sp³-hybridized carbons (Fsp3) is 0.333. The standard InChI is InChI=1S/C24H20Br2O4/c1-11-5-17-15(7-19-23(21(17)25)29-9-27-19)13(11)3-4-14-12(2)6-18-16(14)8-20-24(22(18)26)30-10-28-20/h5-8,19-20H,3-4,9-10H2,1-2H3. The molecule has 0 radical (unpaired) electrons. The third-order valence-electron chi connectivity index (χ3n) is 6.51. The first-order chi connectivity index (χ1) is 14.5. The van der Waals surface area contributed by atoms with Gasteiger partial charge in [-0.1, -0.05) is 0 Å². The Morgan fingerprint density at radius 3 is 1.60 bits per heavy atom. The van der Waals surface area contributed by atoms with Crippen LogP contribution < -0.4 is 0 Å². The summed E-state index contributed by atoms with van der Waals surface area (Å²) in [6.07, 6.45) is 10.7. The van der Waals surface area contributed by atoms with Gasteiger partial charge in [-0.3, -0.25) is 0 Å². The van der Waals surface area contributed by atoms with Crippen molar-refractivity contribution in [3.8, 4) is 0 Å². The van der Waals surface area contributed by atoms with Crippen LogP contribution in [0.2, 0.25) is 0 Å². The Morgan fingerprint density at radius 2 is 1.17 bits per heavy atom. The first-order valence-electron chi connectivity index (χ1n) is 10.1. The highest BCUT2D eigenvalue weighted by Gasteiger charge is 2.37. The Kier molecular flexibility index (Phi) is 4.43. The Balaban J connectivity index is 1.26. The van der Waals surface area contributed by atoms with E-state index in [1.807, 2.05) is 0 Å². The second kappa shape index (κ2) is 6.95. The molecule has 6 aliphatic rings. The lowest BCUT2D eigenvalue weighted by Gasteiger charge is -2.21. The molecule has 0 amide bonds. The van der Waals surface area contributed by atoms with Crippen LogP contribution in [0.4, 0.5) is 0 Å². The van der Waals surface area contributed by atoms with Gasteiger partial charge >= 0.3 is 0 Å². The van der Waals surface area contributed by atoms with Crippen LogP contribution in [0.25, 0.3) is 0 Å². The SMILES string of the molecule is CC1=C(CCC2=C(C)C=C3C2=CC2OCOC2=C3Br)C2=CC3OCOC3=C(Br)C2=C1. The topological polar surface area (TPSA) is 36.9 Å². The second-order valence-electron chi connectivity index (χ2n) is 8.16. The fourth-order valence-corrected chi connectivity index (χ4v) is 6.36. The number of halogens is 2. The van der Waals surface area contributed by atoms with Gasteiger partial charge in [-0.2, -0.15) is 0 Å². The Bertz CT molecular complexity index is 1050. The van der Waals surface area contributed by atoms with E-state index in [-0.39, 0.29) is 12.2 Å². The highest BCUT2D eigenvalue weighted by atomic mass is 79.9. The van der Waals surface area contributed by atoms with Crippen LogP contribution in [0.3, 0.4) is 0 Å². The summed E-state index contributed by atoms with van der Waals surface area (Å²) in [6.45, 7) is 5.02. The number of hydrogen-bond donors (Lipinski definition) is 0. The summed E-state index contributed by atoms with van der Waals surface area (Å²) in [5.74, 6) is 1.78. The Hall–Kier alpha value is -1.60. The van der Waals surface area contributed by atoms with Crippen LogP contribution >= 0.6 is 31.9 Å². The first-order valence-corrected chi connectivity index (χ1v) is 11.7. The maximum atomic E-state index is 5.74. The quantitative estimate of drug-likeness (QED) is 0.439. The van der Waals surface area contributed by atoms with E-state index in [0.717, 1.165) is 33.3 Å². The summed E-state index contributed by atoms with van der Waals surface area (Å²) >= 11 is 7.48. The van der Waals surface area contributed by atoms with Gasteiger partial charge in [0.15, 0.2) is 13.6 Å². The molecular weight excluding hydrogens is 512 g/mol. The van der Waals surface area contributed by atoms with Gasteiger partial charge in [0.2, 0.25) is 0 Å². The maximum Gasteiger partial charge on any atom is 0.190 e. The predicted octanol–water partition coefficient (Wildman–Crippen LogP) is 6.12. The van der Waals surface area contributed by atoms with Crippen molar-refractivity contribution in [1.82, 2.24) is 0 Å². The van der Waals surface area contributed by atoms with Gasteiger partial charge in [-0.25, -0.2) is 0 Å². The molecule has 2 atom stereocenters.